The molecule has 0 fully saturated rings. The monoisotopic (exact) mass is 528 g/mol. The second kappa shape index (κ2) is 19.4. The lowest BCUT2D eigenvalue weighted by atomic mass is 10.2. The summed E-state index contributed by atoms with van der Waals surface area (Å²) in [6.07, 6.45) is -2.16. The van der Waals surface area contributed by atoms with Gasteiger partial charge < -0.3 is 24.4 Å². The molecule has 208 valence electrons. The summed E-state index contributed by atoms with van der Waals surface area (Å²) in [5, 5.41) is 2.33. The third-order valence-electron chi connectivity index (χ3n) is 5.46. The number of nitrogens with one attached hydrogen (secondary N) is 1. The number of esters is 2. The van der Waals surface area contributed by atoms with Crippen LogP contribution in [0.5, 0.6) is 0 Å². The summed E-state index contributed by atoms with van der Waals surface area (Å²) >= 11 is 0. The molecule has 2 aromatic carbocycles. The van der Waals surface area contributed by atoms with E-state index in [1.54, 1.807) is 12.1 Å². The van der Waals surface area contributed by atoms with E-state index >= 15 is 0 Å². The first-order valence-corrected chi connectivity index (χ1v) is 12.9. The minimum absolute atomic E-state index is 0.0755. The number of ketones is 1. The van der Waals surface area contributed by atoms with Crippen LogP contribution in [0.1, 0.15) is 51.7 Å². The van der Waals surface area contributed by atoms with E-state index in [1.165, 1.54) is 26.6 Å². The number of rotatable bonds is 14. The Balaban J connectivity index is 0.000000905. The van der Waals surface area contributed by atoms with Crippen molar-refractivity contribution in [1.29, 1.82) is 0 Å². The average Bonchev–Trinajstić information content (AvgIpc) is 2.95. The van der Waals surface area contributed by atoms with Crippen molar-refractivity contribution in [1.82, 2.24) is 10.2 Å². The molecule has 0 heterocycles. The first-order valence-electron chi connectivity index (χ1n) is 12.9. The molecule has 0 bridgehead atoms. The number of hydrogen-bond acceptors (Lipinski definition) is 8. The molecule has 0 aliphatic rings. The normalized spacial score (nSPS) is 11.0. The first-order chi connectivity index (χ1) is 18.3. The van der Waals surface area contributed by atoms with Crippen LogP contribution in [0.4, 0.5) is 4.79 Å². The predicted octanol–water partition coefficient (Wildman–Crippen LogP) is 4.29. The Morgan fingerprint density at radius 3 is 1.74 bits per heavy atom. The predicted molar refractivity (Wildman–Crippen MR) is 144 cm³/mol. The van der Waals surface area contributed by atoms with Gasteiger partial charge in [-0.15, -0.1) is 0 Å². The summed E-state index contributed by atoms with van der Waals surface area (Å²) in [7, 11) is 0. The van der Waals surface area contributed by atoms with Gasteiger partial charge >= 0.3 is 18.0 Å². The van der Waals surface area contributed by atoms with Crippen LogP contribution in [0, 0.1) is 0 Å². The second-order valence-corrected chi connectivity index (χ2v) is 8.30. The highest BCUT2D eigenvalue weighted by atomic mass is 16.6. The lowest BCUT2D eigenvalue weighted by molar-refractivity contribution is -0.167. The lowest BCUT2D eigenvalue weighted by Gasteiger charge is -2.13. The fourth-order valence-corrected chi connectivity index (χ4v) is 3.10. The molecule has 2 aromatic rings. The zero-order valence-electron chi connectivity index (χ0n) is 22.8. The van der Waals surface area contributed by atoms with Gasteiger partial charge in [0.25, 0.3) is 0 Å². The average molecular weight is 529 g/mol. The van der Waals surface area contributed by atoms with E-state index in [0.29, 0.717) is 0 Å². The van der Waals surface area contributed by atoms with E-state index in [9.17, 15) is 19.2 Å². The number of ether oxygens (including phenoxy) is 3. The summed E-state index contributed by atoms with van der Waals surface area (Å²) in [4.78, 5) is 49.6. The number of nitrogens with zero attached hydrogens (tertiary/aromatic N) is 1. The molecule has 2 rings (SSSR count). The molecule has 1 unspecified atom stereocenters. The molecule has 38 heavy (non-hydrogen) atoms. The van der Waals surface area contributed by atoms with Crippen LogP contribution in [0.15, 0.2) is 60.7 Å². The fraction of sp³-hybridized carbons (Fsp3) is 0.448. The van der Waals surface area contributed by atoms with Crippen LogP contribution in [0.25, 0.3) is 0 Å². The van der Waals surface area contributed by atoms with Gasteiger partial charge in [-0.3, -0.25) is 9.59 Å². The van der Waals surface area contributed by atoms with Gasteiger partial charge in [0.2, 0.25) is 0 Å². The number of alkyl carbamates (subject to hydrolysis) is 1. The Kier molecular flexibility index (Phi) is 16.5. The fourth-order valence-electron chi connectivity index (χ4n) is 3.10. The maximum Gasteiger partial charge on any atom is 0.407 e. The lowest BCUT2D eigenvalue weighted by Crippen LogP contribution is -2.30. The van der Waals surface area contributed by atoms with Crippen molar-refractivity contribution >= 4 is 23.8 Å². The van der Waals surface area contributed by atoms with Crippen molar-refractivity contribution in [3.05, 3.63) is 71.8 Å². The topological polar surface area (TPSA) is 111 Å². The largest absolute Gasteiger partial charge is 0.458 e. The number of carbonyl (C=O) groups is 4. The SMILES string of the molecule is CC(OC(=O)CCC(=O)CNC(=O)OCc1ccccc1)C(=O)OCc1ccccc1.CCN(CC)CC. The van der Waals surface area contributed by atoms with Gasteiger partial charge in [-0.25, -0.2) is 9.59 Å². The summed E-state index contributed by atoms with van der Waals surface area (Å²) < 4.78 is 15.1. The van der Waals surface area contributed by atoms with Crippen LogP contribution in [-0.4, -0.2) is 61.0 Å². The summed E-state index contributed by atoms with van der Waals surface area (Å²) in [6.45, 7) is 11.4. The third kappa shape index (κ3) is 14.7. The highest BCUT2D eigenvalue weighted by Gasteiger charge is 2.20. The zero-order chi connectivity index (χ0) is 28.2. The van der Waals surface area contributed by atoms with Crippen molar-refractivity contribution in [2.24, 2.45) is 0 Å². The molecule has 0 saturated heterocycles. The van der Waals surface area contributed by atoms with Crippen LogP contribution < -0.4 is 5.32 Å². The Morgan fingerprint density at radius 2 is 1.26 bits per heavy atom. The maximum absolute atomic E-state index is 11.9. The van der Waals surface area contributed by atoms with Crippen molar-refractivity contribution in [3.8, 4) is 0 Å². The Bertz CT molecular complexity index is 958. The Hall–Kier alpha value is -3.72. The van der Waals surface area contributed by atoms with Crippen LogP contribution in [0.2, 0.25) is 0 Å². The van der Waals surface area contributed by atoms with Gasteiger partial charge in [0.05, 0.1) is 13.0 Å². The molecule has 0 spiro atoms. The van der Waals surface area contributed by atoms with E-state index in [-0.39, 0.29) is 38.4 Å². The zero-order valence-corrected chi connectivity index (χ0v) is 22.8. The smallest absolute Gasteiger partial charge is 0.407 e. The van der Waals surface area contributed by atoms with Crippen molar-refractivity contribution in [2.75, 3.05) is 26.2 Å². The summed E-state index contributed by atoms with van der Waals surface area (Å²) in [5.41, 5.74) is 1.64. The Morgan fingerprint density at radius 1 is 0.763 bits per heavy atom. The quantitative estimate of drug-likeness (QED) is 0.286. The van der Waals surface area contributed by atoms with Crippen LogP contribution in [-0.2, 0) is 41.8 Å². The number of Topliss-reactive ketones (excluding diaryl/α,β-unsaturated/α-hetero) is 1. The van der Waals surface area contributed by atoms with E-state index < -0.39 is 24.1 Å². The minimum atomic E-state index is -1.09. The molecule has 0 saturated carbocycles. The second-order valence-electron chi connectivity index (χ2n) is 8.30. The first kappa shape index (κ1) is 32.3. The van der Waals surface area contributed by atoms with Crippen molar-refractivity contribution < 1.29 is 33.4 Å². The van der Waals surface area contributed by atoms with E-state index in [4.69, 9.17) is 14.2 Å². The molecule has 0 aromatic heterocycles. The van der Waals surface area contributed by atoms with Gasteiger partial charge in [0, 0.05) is 6.42 Å². The molecule has 9 heteroatoms. The van der Waals surface area contributed by atoms with E-state index in [2.05, 4.69) is 31.0 Å². The van der Waals surface area contributed by atoms with Crippen LogP contribution >= 0.6 is 0 Å². The van der Waals surface area contributed by atoms with Gasteiger partial charge in [-0.05, 0) is 37.7 Å². The standard InChI is InChI=1S/C23H25NO7.C6H15N/c1-17(22(27)29-15-18-8-4-2-5-9-18)31-21(26)13-12-20(25)14-24-23(28)30-16-19-10-6-3-7-11-19;1-4-7(5-2)6-3/h2-11,17H,12-16H2,1H3,(H,24,28);4-6H2,1-3H3. The van der Waals surface area contributed by atoms with Crippen molar-refractivity contribution in [3.63, 3.8) is 0 Å². The molecule has 0 aliphatic carbocycles. The molecule has 1 N–H and O–H groups in total. The minimum Gasteiger partial charge on any atom is -0.458 e. The molecule has 0 radical (unpaired) electrons. The highest BCUT2D eigenvalue weighted by Crippen LogP contribution is 2.05. The molecular formula is C29H40N2O7. The maximum atomic E-state index is 11.9. The number of hydrogen-bond donors (Lipinski definition) is 1. The number of benzene rings is 2. The van der Waals surface area contributed by atoms with Crippen molar-refractivity contribution in [2.45, 2.75) is 59.9 Å². The molecular weight excluding hydrogens is 488 g/mol. The molecule has 1 atom stereocenters. The van der Waals surface area contributed by atoms with E-state index in [0.717, 1.165) is 11.1 Å². The van der Waals surface area contributed by atoms with Gasteiger partial charge in [0.15, 0.2) is 11.9 Å². The van der Waals surface area contributed by atoms with Gasteiger partial charge in [0.1, 0.15) is 13.2 Å². The van der Waals surface area contributed by atoms with Gasteiger partial charge in [-0.2, -0.15) is 0 Å². The molecule has 0 aliphatic heterocycles. The molecule has 1 amide bonds. The summed E-state index contributed by atoms with van der Waals surface area (Å²) in [5.74, 6) is -1.75. The van der Waals surface area contributed by atoms with Crippen LogP contribution in [0.3, 0.4) is 0 Å². The number of amides is 1. The Labute approximate surface area is 225 Å². The van der Waals surface area contributed by atoms with Gasteiger partial charge in [-0.1, -0.05) is 81.4 Å². The molecule has 9 nitrogen and oxygen atoms in total. The highest BCUT2D eigenvalue weighted by molar-refractivity contribution is 5.87. The summed E-state index contributed by atoms with van der Waals surface area (Å²) in [6, 6.07) is 18.2. The third-order valence-corrected chi connectivity index (χ3v) is 5.46. The van der Waals surface area contributed by atoms with E-state index in [1.807, 2.05) is 48.5 Å². The number of carbonyl (C=O) groups excluding carboxylic acids is 4.